The summed E-state index contributed by atoms with van der Waals surface area (Å²) in [5, 5.41) is 13.4. The van der Waals surface area contributed by atoms with E-state index in [0.29, 0.717) is 16.3 Å². The van der Waals surface area contributed by atoms with Gasteiger partial charge in [0.05, 0.1) is 12.2 Å². The summed E-state index contributed by atoms with van der Waals surface area (Å²) in [5.41, 5.74) is 1.36. The Kier molecular flexibility index (Phi) is 7.13. The van der Waals surface area contributed by atoms with Crippen LogP contribution in [0.4, 0.5) is 5.69 Å². The molecule has 142 valence electrons. The fraction of sp³-hybridized carbons (Fsp3) is 0.368. The third-order valence-corrected chi connectivity index (χ3v) is 6.09. The zero-order valence-electron chi connectivity index (χ0n) is 15.3. The molecule has 26 heavy (non-hydrogen) atoms. The van der Waals surface area contributed by atoms with E-state index >= 15 is 0 Å². The van der Waals surface area contributed by atoms with Gasteiger partial charge in [-0.3, -0.25) is 4.57 Å². The predicted octanol–water partition coefficient (Wildman–Crippen LogP) is 6.20. The summed E-state index contributed by atoms with van der Waals surface area (Å²) in [7, 11) is -3.60. The molecule has 0 saturated heterocycles. The van der Waals surface area contributed by atoms with Crippen LogP contribution in [0.2, 0.25) is 5.02 Å². The lowest BCUT2D eigenvalue weighted by atomic mass is 10.2. The van der Waals surface area contributed by atoms with Crippen LogP contribution in [0.3, 0.4) is 0 Å². The maximum absolute atomic E-state index is 13.7. The minimum atomic E-state index is -3.60. The molecule has 2 aromatic rings. The number of rotatable bonds is 8. The molecule has 0 bridgehead atoms. The van der Waals surface area contributed by atoms with Crippen LogP contribution in [-0.2, 0) is 13.6 Å². The number of aromatic hydroxyl groups is 1. The second kappa shape index (κ2) is 8.92. The topological polar surface area (TPSA) is 67.8 Å². The minimum absolute atomic E-state index is 0.125. The van der Waals surface area contributed by atoms with Crippen molar-refractivity contribution in [1.82, 2.24) is 0 Å². The molecule has 2 aromatic carbocycles. The van der Waals surface area contributed by atoms with Crippen molar-refractivity contribution in [1.29, 1.82) is 0 Å². The van der Waals surface area contributed by atoms with Gasteiger partial charge >= 0.3 is 7.60 Å². The van der Waals surface area contributed by atoms with Gasteiger partial charge in [0.15, 0.2) is 5.78 Å². The van der Waals surface area contributed by atoms with Gasteiger partial charge in [0, 0.05) is 10.7 Å². The average Bonchev–Trinajstić information content (AvgIpc) is 2.52. The van der Waals surface area contributed by atoms with Crippen molar-refractivity contribution in [3.8, 4) is 5.75 Å². The standard InChI is InChI=1S/C19H25ClNO4P/c1-13(2)24-26(23,25-14(3)4)19(15-8-10-18(22)11-9-15)21-17-7-5-6-16(20)12-17/h5-14,19,21-22H,1-4H3. The van der Waals surface area contributed by atoms with Crippen LogP contribution in [-0.4, -0.2) is 17.3 Å². The Morgan fingerprint density at radius 1 is 1.00 bits per heavy atom. The van der Waals surface area contributed by atoms with Gasteiger partial charge < -0.3 is 19.5 Å². The van der Waals surface area contributed by atoms with Crippen molar-refractivity contribution in [2.75, 3.05) is 5.32 Å². The monoisotopic (exact) mass is 397 g/mol. The van der Waals surface area contributed by atoms with Crippen LogP contribution in [0.15, 0.2) is 48.5 Å². The first kappa shape index (κ1) is 20.8. The maximum atomic E-state index is 13.7. The van der Waals surface area contributed by atoms with Gasteiger partial charge in [0.25, 0.3) is 0 Å². The highest BCUT2D eigenvalue weighted by molar-refractivity contribution is 7.54. The summed E-state index contributed by atoms with van der Waals surface area (Å²) in [5.74, 6) is -0.633. The molecule has 1 unspecified atom stereocenters. The van der Waals surface area contributed by atoms with Gasteiger partial charge in [-0.1, -0.05) is 29.8 Å². The van der Waals surface area contributed by atoms with Crippen LogP contribution in [0.1, 0.15) is 39.0 Å². The average molecular weight is 398 g/mol. The molecule has 0 amide bonds. The zero-order valence-corrected chi connectivity index (χ0v) is 17.0. The molecule has 0 aliphatic heterocycles. The van der Waals surface area contributed by atoms with Crippen molar-refractivity contribution in [3.63, 3.8) is 0 Å². The SMILES string of the molecule is CC(C)OP(=O)(OC(C)C)C(Nc1cccc(Cl)c1)c1ccc(O)cc1. The van der Waals surface area contributed by atoms with Crippen molar-refractivity contribution in [2.24, 2.45) is 0 Å². The van der Waals surface area contributed by atoms with E-state index in [1.165, 1.54) is 12.1 Å². The van der Waals surface area contributed by atoms with Gasteiger partial charge in [-0.05, 0) is 63.6 Å². The number of phenols is 1. The van der Waals surface area contributed by atoms with E-state index in [1.54, 1.807) is 30.3 Å². The number of anilines is 1. The molecule has 0 heterocycles. The lowest BCUT2D eigenvalue weighted by Gasteiger charge is -2.31. The van der Waals surface area contributed by atoms with E-state index in [4.69, 9.17) is 20.6 Å². The number of phenolic OH excluding ortho intramolecular Hbond substituents is 1. The Balaban J connectivity index is 2.49. The highest BCUT2D eigenvalue weighted by Crippen LogP contribution is 2.62. The van der Waals surface area contributed by atoms with Crippen molar-refractivity contribution >= 4 is 24.9 Å². The van der Waals surface area contributed by atoms with Gasteiger partial charge in [0.2, 0.25) is 0 Å². The summed E-state index contributed by atoms with van der Waals surface area (Å²) in [6.07, 6.45) is -0.583. The fourth-order valence-corrected chi connectivity index (χ4v) is 4.98. The lowest BCUT2D eigenvalue weighted by Crippen LogP contribution is -2.19. The first-order valence-electron chi connectivity index (χ1n) is 8.47. The molecule has 0 fully saturated rings. The highest BCUT2D eigenvalue weighted by Gasteiger charge is 2.39. The Labute approximate surface area is 159 Å². The van der Waals surface area contributed by atoms with Crippen molar-refractivity contribution in [2.45, 2.75) is 45.7 Å². The van der Waals surface area contributed by atoms with E-state index in [1.807, 2.05) is 33.8 Å². The lowest BCUT2D eigenvalue weighted by molar-refractivity contribution is 0.138. The molecule has 0 aliphatic rings. The minimum Gasteiger partial charge on any atom is -0.508 e. The van der Waals surface area contributed by atoms with Gasteiger partial charge in [-0.15, -0.1) is 0 Å². The van der Waals surface area contributed by atoms with Crippen LogP contribution in [0.5, 0.6) is 5.75 Å². The molecule has 2 rings (SSSR count). The molecular weight excluding hydrogens is 373 g/mol. The predicted molar refractivity (Wildman–Crippen MR) is 106 cm³/mol. The normalized spacial score (nSPS) is 13.2. The van der Waals surface area contributed by atoms with Crippen LogP contribution >= 0.6 is 19.2 Å². The molecular formula is C19H25ClNO4P. The second-order valence-corrected chi connectivity index (χ2v) is 8.95. The highest BCUT2D eigenvalue weighted by atomic mass is 35.5. The number of benzene rings is 2. The Morgan fingerprint density at radius 2 is 1.58 bits per heavy atom. The van der Waals surface area contributed by atoms with Crippen molar-refractivity contribution < 1.29 is 18.7 Å². The van der Waals surface area contributed by atoms with E-state index in [-0.39, 0.29) is 18.0 Å². The number of hydrogen-bond donors (Lipinski definition) is 2. The first-order chi connectivity index (χ1) is 12.2. The van der Waals surface area contributed by atoms with Gasteiger partial charge in [0.1, 0.15) is 5.75 Å². The van der Waals surface area contributed by atoms with E-state index in [9.17, 15) is 9.67 Å². The number of nitrogens with one attached hydrogen (secondary N) is 1. The molecule has 2 N–H and O–H groups in total. The second-order valence-electron chi connectivity index (χ2n) is 6.50. The Hall–Kier alpha value is -1.52. The molecule has 0 radical (unpaired) electrons. The zero-order chi connectivity index (χ0) is 19.3. The molecule has 0 spiro atoms. The number of hydrogen-bond acceptors (Lipinski definition) is 5. The maximum Gasteiger partial charge on any atom is 0.357 e. The van der Waals surface area contributed by atoms with Crippen molar-refractivity contribution in [3.05, 3.63) is 59.1 Å². The van der Waals surface area contributed by atoms with Crippen LogP contribution < -0.4 is 5.32 Å². The molecule has 1 atom stereocenters. The first-order valence-corrected chi connectivity index (χ1v) is 10.5. The summed E-state index contributed by atoms with van der Waals surface area (Å²) < 4.78 is 25.3. The van der Waals surface area contributed by atoms with Crippen LogP contribution in [0, 0.1) is 0 Å². The summed E-state index contributed by atoms with van der Waals surface area (Å²) in [6, 6.07) is 13.6. The molecule has 5 nitrogen and oxygen atoms in total. The third-order valence-electron chi connectivity index (χ3n) is 3.37. The smallest absolute Gasteiger partial charge is 0.357 e. The molecule has 0 aromatic heterocycles. The molecule has 7 heteroatoms. The quantitative estimate of drug-likeness (QED) is 0.519. The Bertz CT molecular complexity index is 750. The van der Waals surface area contributed by atoms with Gasteiger partial charge in [-0.2, -0.15) is 0 Å². The summed E-state index contributed by atoms with van der Waals surface area (Å²) in [6.45, 7) is 7.24. The van der Waals surface area contributed by atoms with Gasteiger partial charge in [-0.25, -0.2) is 0 Å². The van der Waals surface area contributed by atoms with E-state index < -0.39 is 13.4 Å². The van der Waals surface area contributed by atoms with Crippen LogP contribution in [0.25, 0.3) is 0 Å². The third kappa shape index (κ3) is 5.75. The fourth-order valence-electron chi connectivity index (χ4n) is 2.47. The van der Waals surface area contributed by atoms with E-state index in [0.717, 1.165) is 0 Å². The molecule has 0 saturated carbocycles. The summed E-state index contributed by atoms with van der Waals surface area (Å²) >= 11 is 6.07. The van der Waals surface area contributed by atoms with E-state index in [2.05, 4.69) is 5.32 Å². The number of halogens is 1. The molecule has 0 aliphatic carbocycles. The Morgan fingerprint density at radius 3 is 2.08 bits per heavy atom. The summed E-state index contributed by atoms with van der Waals surface area (Å²) in [4.78, 5) is 0. The largest absolute Gasteiger partial charge is 0.508 e.